The van der Waals surface area contributed by atoms with Crippen LogP contribution in [0.3, 0.4) is 0 Å². The van der Waals surface area contributed by atoms with Crippen LogP contribution in [0.25, 0.3) is 0 Å². The molecule has 0 radical (unpaired) electrons. The molecule has 0 unspecified atom stereocenters. The zero-order valence-corrected chi connectivity index (χ0v) is 11.5. The number of benzene rings is 1. The Kier molecular flexibility index (Phi) is 5.31. The molecule has 0 fully saturated rings. The van der Waals surface area contributed by atoms with E-state index < -0.39 is 0 Å². The largest absolute Gasteiger partial charge is 0.374 e. The maximum Gasteiger partial charge on any atom is 0.101 e. The number of halogens is 1. The summed E-state index contributed by atoms with van der Waals surface area (Å²) >= 11 is 5.77. The number of nitrogens with zero attached hydrogens (tertiary/aromatic N) is 2. The van der Waals surface area contributed by atoms with E-state index in [9.17, 15) is 0 Å². The van der Waals surface area contributed by atoms with Crippen LogP contribution in [0, 0.1) is 17.2 Å². The summed E-state index contributed by atoms with van der Waals surface area (Å²) in [5.41, 5.74) is 2.68. The molecular formula is C14H19ClN2. The van der Waals surface area contributed by atoms with Gasteiger partial charge in [0.15, 0.2) is 0 Å². The van der Waals surface area contributed by atoms with Crippen LogP contribution in [0.2, 0.25) is 0 Å². The van der Waals surface area contributed by atoms with Crippen molar-refractivity contribution in [2.24, 2.45) is 5.92 Å². The molecule has 0 aromatic heterocycles. The van der Waals surface area contributed by atoms with Gasteiger partial charge >= 0.3 is 0 Å². The SMILES string of the molecule is CC(C)CCN(C)c1ccc(CCl)cc1C#N. The van der Waals surface area contributed by atoms with Crippen LogP contribution in [0.4, 0.5) is 5.69 Å². The molecule has 0 spiro atoms. The minimum absolute atomic E-state index is 0.449. The van der Waals surface area contributed by atoms with Crippen LogP contribution >= 0.6 is 11.6 Å². The Bertz CT molecular complexity index is 407. The van der Waals surface area contributed by atoms with Gasteiger partial charge in [-0.3, -0.25) is 0 Å². The van der Waals surface area contributed by atoms with E-state index in [1.165, 1.54) is 0 Å². The Morgan fingerprint density at radius 1 is 1.41 bits per heavy atom. The smallest absolute Gasteiger partial charge is 0.101 e. The first-order valence-electron chi connectivity index (χ1n) is 5.88. The molecule has 0 saturated heterocycles. The lowest BCUT2D eigenvalue weighted by Crippen LogP contribution is -2.20. The predicted molar refractivity (Wildman–Crippen MR) is 73.4 cm³/mol. The molecule has 0 saturated carbocycles. The van der Waals surface area contributed by atoms with Gasteiger partial charge < -0.3 is 4.90 Å². The lowest BCUT2D eigenvalue weighted by molar-refractivity contribution is 0.585. The minimum Gasteiger partial charge on any atom is -0.374 e. The van der Waals surface area contributed by atoms with E-state index in [1.807, 2.05) is 25.2 Å². The van der Waals surface area contributed by atoms with Crippen molar-refractivity contribution in [2.45, 2.75) is 26.1 Å². The average Bonchev–Trinajstić information content (AvgIpc) is 2.34. The molecule has 1 rings (SSSR count). The van der Waals surface area contributed by atoms with Crippen molar-refractivity contribution >= 4 is 17.3 Å². The van der Waals surface area contributed by atoms with Gasteiger partial charge in [-0.25, -0.2) is 0 Å². The van der Waals surface area contributed by atoms with Crippen molar-refractivity contribution in [3.63, 3.8) is 0 Å². The number of hydrogen-bond acceptors (Lipinski definition) is 2. The predicted octanol–water partition coefficient (Wildman–Crippen LogP) is 3.78. The number of alkyl halides is 1. The first kappa shape index (κ1) is 13.9. The summed E-state index contributed by atoms with van der Waals surface area (Å²) in [6.45, 7) is 5.37. The van der Waals surface area contributed by atoms with Crippen molar-refractivity contribution in [3.05, 3.63) is 29.3 Å². The van der Waals surface area contributed by atoms with Crippen molar-refractivity contribution in [1.82, 2.24) is 0 Å². The summed E-state index contributed by atoms with van der Waals surface area (Å²) in [6.07, 6.45) is 1.12. The lowest BCUT2D eigenvalue weighted by atomic mass is 10.1. The van der Waals surface area contributed by atoms with E-state index in [2.05, 4.69) is 24.8 Å². The van der Waals surface area contributed by atoms with Crippen LogP contribution < -0.4 is 4.90 Å². The Hall–Kier alpha value is -1.20. The van der Waals surface area contributed by atoms with Gasteiger partial charge in [0.05, 0.1) is 11.3 Å². The minimum atomic E-state index is 0.449. The van der Waals surface area contributed by atoms with E-state index in [0.717, 1.165) is 24.2 Å². The van der Waals surface area contributed by atoms with Gasteiger partial charge in [0.2, 0.25) is 0 Å². The van der Waals surface area contributed by atoms with Crippen LogP contribution in [-0.4, -0.2) is 13.6 Å². The van der Waals surface area contributed by atoms with E-state index >= 15 is 0 Å². The number of rotatable bonds is 5. The highest BCUT2D eigenvalue weighted by atomic mass is 35.5. The van der Waals surface area contributed by atoms with Crippen molar-refractivity contribution in [1.29, 1.82) is 5.26 Å². The Balaban J connectivity index is 2.86. The molecule has 0 aliphatic heterocycles. The summed E-state index contributed by atoms with van der Waals surface area (Å²) in [7, 11) is 2.03. The second-order valence-corrected chi connectivity index (χ2v) is 4.97. The maximum absolute atomic E-state index is 9.14. The highest BCUT2D eigenvalue weighted by Crippen LogP contribution is 2.22. The van der Waals surface area contributed by atoms with E-state index in [-0.39, 0.29) is 0 Å². The maximum atomic E-state index is 9.14. The van der Waals surface area contributed by atoms with Crippen LogP contribution in [0.1, 0.15) is 31.4 Å². The Morgan fingerprint density at radius 2 is 2.12 bits per heavy atom. The molecule has 0 aliphatic rings. The molecule has 0 heterocycles. The third kappa shape index (κ3) is 3.94. The van der Waals surface area contributed by atoms with E-state index in [4.69, 9.17) is 16.9 Å². The third-order valence-electron chi connectivity index (χ3n) is 2.79. The standard InChI is InChI=1S/C14H19ClN2/c1-11(2)6-7-17(3)14-5-4-12(9-15)8-13(14)10-16/h4-5,8,11H,6-7,9H2,1-3H3. The molecule has 0 bridgehead atoms. The highest BCUT2D eigenvalue weighted by Gasteiger charge is 2.08. The number of hydrogen-bond donors (Lipinski definition) is 0. The van der Waals surface area contributed by atoms with Gasteiger partial charge in [-0.1, -0.05) is 19.9 Å². The molecule has 0 N–H and O–H groups in total. The first-order valence-corrected chi connectivity index (χ1v) is 6.42. The molecule has 1 aromatic rings. The molecule has 0 atom stereocenters. The van der Waals surface area contributed by atoms with Gasteiger partial charge in [-0.2, -0.15) is 5.26 Å². The van der Waals surface area contributed by atoms with Gasteiger partial charge in [0.1, 0.15) is 6.07 Å². The summed E-state index contributed by atoms with van der Waals surface area (Å²) < 4.78 is 0. The van der Waals surface area contributed by atoms with Gasteiger partial charge in [0.25, 0.3) is 0 Å². The summed E-state index contributed by atoms with van der Waals surface area (Å²) in [6, 6.07) is 8.07. The average molecular weight is 251 g/mol. The fourth-order valence-electron chi connectivity index (χ4n) is 1.66. The second kappa shape index (κ2) is 6.51. The fourth-order valence-corrected chi connectivity index (χ4v) is 1.83. The van der Waals surface area contributed by atoms with Gasteiger partial charge in [0, 0.05) is 19.5 Å². The molecule has 92 valence electrons. The topological polar surface area (TPSA) is 27.0 Å². The molecule has 0 amide bonds. The second-order valence-electron chi connectivity index (χ2n) is 4.70. The zero-order chi connectivity index (χ0) is 12.8. The molecule has 0 aliphatic carbocycles. The highest BCUT2D eigenvalue weighted by molar-refractivity contribution is 6.17. The Labute approximate surface area is 109 Å². The summed E-state index contributed by atoms with van der Waals surface area (Å²) in [4.78, 5) is 2.14. The number of anilines is 1. The van der Waals surface area contributed by atoms with E-state index in [0.29, 0.717) is 17.4 Å². The third-order valence-corrected chi connectivity index (χ3v) is 3.10. The van der Waals surface area contributed by atoms with Gasteiger partial charge in [-0.05, 0) is 30.0 Å². The summed E-state index contributed by atoms with van der Waals surface area (Å²) in [5.74, 6) is 1.12. The molecule has 2 nitrogen and oxygen atoms in total. The molecule has 1 aromatic carbocycles. The molecular weight excluding hydrogens is 232 g/mol. The van der Waals surface area contributed by atoms with E-state index in [1.54, 1.807) is 0 Å². The van der Waals surface area contributed by atoms with Crippen LogP contribution in [0.5, 0.6) is 0 Å². The summed E-state index contributed by atoms with van der Waals surface area (Å²) in [5, 5.41) is 9.14. The first-order chi connectivity index (χ1) is 8.08. The zero-order valence-electron chi connectivity index (χ0n) is 10.7. The van der Waals surface area contributed by atoms with Gasteiger partial charge in [-0.15, -0.1) is 11.6 Å². The van der Waals surface area contributed by atoms with Crippen molar-refractivity contribution < 1.29 is 0 Å². The van der Waals surface area contributed by atoms with Crippen molar-refractivity contribution in [3.8, 4) is 6.07 Å². The number of nitriles is 1. The van der Waals surface area contributed by atoms with Crippen LogP contribution in [0.15, 0.2) is 18.2 Å². The molecule has 17 heavy (non-hydrogen) atoms. The monoisotopic (exact) mass is 250 g/mol. The lowest BCUT2D eigenvalue weighted by Gasteiger charge is -2.21. The normalized spacial score (nSPS) is 10.4. The Morgan fingerprint density at radius 3 is 2.65 bits per heavy atom. The fraction of sp³-hybridized carbons (Fsp3) is 0.500. The van der Waals surface area contributed by atoms with Crippen molar-refractivity contribution in [2.75, 3.05) is 18.5 Å². The molecule has 3 heteroatoms. The quantitative estimate of drug-likeness (QED) is 0.744. The van der Waals surface area contributed by atoms with Crippen LogP contribution in [-0.2, 0) is 5.88 Å².